The Balaban J connectivity index is 1.25. The Labute approximate surface area is 191 Å². The van der Waals surface area contributed by atoms with E-state index in [1.54, 1.807) is 11.8 Å². The zero-order valence-corrected chi connectivity index (χ0v) is 19.9. The summed E-state index contributed by atoms with van der Waals surface area (Å²) in [5.74, 6) is 0.208. The van der Waals surface area contributed by atoms with Crippen LogP contribution in [0.2, 0.25) is 6.32 Å². The van der Waals surface area contributed by atoms with Crippen LogP contribution in [-0.2, 0) is 18.9 Å². The number of carboxylic acid groups (broad SMARTS) is 1. The third-order valence-electron chi connectivity index (χ3n) is 10.0. The summed E-state index contributed by atoms with van der Waals surface area (Å²) in [7, 11) is -0.228. The van der Waals surface area contributed by atoms with Crippen molar-refractivity contribution in [3.8, 4) is 0 Å². The van der Waals surface area contributed by atoms with Gasteiger partial charge < -0.3 is 25.0 Å². The monoisotopic (exact) mass is 447 g/mol. The fourth-order valence-electron chi connectivity index (χ4n) is 7.98. The maximum atomic E-state index is 12.6. The predicted molar refractivity (Wildman–Crippen MR) is 120 cm³/mol. The first-order valence-electron chi connectivity index (χ1n) is 12.3. The number of hydrogen-bond acceptors (Lipinski definition) is 6. The topological polar surface area (TPSA) is 114 Å². The van der Waals surface area contributed by atoms with Gasteiger partial charge in [0.25, 0.3) is 0 Å². The summed E-state index contributed by atoms with van der Waals surface area (Å²) in [5, 5.41) is 13.4. The summed E-state index contributed by atoms with van der Waals surface area (Å²) in [4.78, 5) is 26.6. The number of carboxylic acids is 1. The first-order chi connectivity index (χ1) is 15.0. The molecule has 178 valence electrons. The average Bonchev–Trinajstić information content (AvgIpc) is 3.33. The van der Waals surface area contributed by atoms with Gasteiger partial charge in [-0.25, -0.2) is 0 Å². The second kappa shape index (κ2) is 7.17. The smallest absolute Gasteiger partial charge is 0.457 e. The Morgan fingerprint density at radius 3 is 2.69 bits per heavy atom. The lowest BCUT2D eigenvalue weighted by molar-refractivity contribution is -0.199. The van der Waals surface area contributed by atoms with Crippen molar-refractivity contribution < 1.29 is 24.0 Å². The van der Waals surface area contributed by atoms with Crippen LogP contribution in [0.4, 0.5) is 0 Å². The minimum Gasteiger partial charge on any atom is -0.480 e. The van der Waals surface area contributed by atoms with Crippen molar-refractivity contribution in [3.63, 3.8) is 0 Å². The van der Waals surface area contributed by atoms with Gasteiger partial charge in [-0.05, 0) is 69.6 Å². The van der Waals surface area contributed by atoms with E-state index in [1.165, 1.54) is 6.42 Å². The maximum Gasteiger partial charge on any atom is 0.457 e. The van der Waals surface area contributed by atoms with Gasteiger partial charge in [0.2, 0.25) is 5.91 Å². The van der Waals surface area contributed by atoms with Gasteiger partial charge >= 0.3 is 13.1 Å². The summed E-state index contributed by atoms with van der Waals surface area (Å²) >= 11 is 0. The molecule has 7 unspecified atom stereocenters. The van der Waals surface area contributed by atoms with E-state index in [0.717, 1.165) is 37.9 Å². The second-order valence-corrected chi connectivity index (χ2v) is 11.9. The van der Waals surface area contributed by atoms with Crippen molar-refractivity contribution in [1.82, 2.24) is 10.2 Å². The molecule has 0 aromatic heterocycles. The molecule has 6 fully saturated rings. The molecule has 3 aliphatic heterocycles. The molecule has 6 rings (SSSR count). The van der Waals surface area contributed by atoms with Gasteiger partial charge in [0, 0.05) is 12.0 Å². The molecular formula is C23H38BN3O5. The lowest BCUT2D eigenvalue weighted by atomic mass is 9.43. The largest absolute Gasteiger partial charge is 0.480 e. The molecule has 32 heavy (non-hydrogen) atoms. The number of nitrogens with one attached hydrogen (secondary N) is 1. The molecule has 0 spiro atoms. The number of fused-ring (bicyclic) bond motifs is 1. The van der Waals surface area contributed by atoms with E-state index in [9.17, 15) is 14.7 Å². The number of rotatable bonds is 6. The molecule has 4 N–H and O–H groups in total. The van der Waals surface area contributed by atoms with E-state index in [-0.39, 0.29) is 31.3 Å². The highest BCUT2D eigenvalue weighted by Crippen LogP contribution is 2.66. The van der Waals surface area contributed by atoms with Gasteiger partial charge in [0.05, 0.1) is 24.3 Å². The average molecular weight is 447 g/mol. The summed E-state index contributed by atoms with van der Waals surface area (Å²) in [6, 6.07) is -0.628. The van der Waals surface area contributed by atoms with Crippen LogP contribution in [0.25, 0.3) is 0 Å². The Kier molecular flexibility index (Phi) is 5.07. The zero-order valence-electron chi connectivity index (χ0n) is 19.9. The highest BCUT2D eigenvalue weighted by molar-refractivity contribution is 6.45. The van der Waals surface area contributed by atoms with E-state index in [4.69, 9.17) is 15.0 Å². The Morgan fingerprint density at radius 1 is 1.28 bits per heavy atom. The van der Waals surface area contributed by atoms with Crippen molar-refractivity contribution >= 4 is 19.0 Å². The molecule has 0 aromatic rings. The normalized spacial score (nSPS) is 44.7. The van der Waals surface area contributed by atoms with E-state index in [0.29, 0.717) is 24.4 Å². The van der Waals surface area contributed by atoms with Gasteiger partial charge in [0.15, 0.2) is 0 Å². The highest BCUT2D eigenvalue weighted by Gasteiger charge is 2.68. The van der Waals surface area contributed by atoms with Crippen molar-refractivity contribution in [2.75, 3.05) is 19.6 Å². The van der Waals surface area contributed by atoms with E-state index in [1.807, 2.05) is 0 Å². The molecule has 3 saturated carbocycles. The quantitative estimate of drug-likeness (QED) is 0.529. The molecule has 3 saturated heterocycles. The molecule has 9 heteroatoms. The summed E-state index contributed by atoms with van der Waals surface area (Å²) in [6.07, 6.45) is 5.49. The number of carbonyl (C=O) groups excluding carboxylic acids is 1. The molecule has 0 aromatic carbocycles. The molecule has 3 heterocycles. The minimum absolute atomic E-state index is 0.166. The first-order valence-corrected chi connectivity index (χ1v) is 12.3. The first kappa shape index (κ1) is 22.6. The van der Waals surface area contributed by atoms with Crippen LogP contribution in [0.1, 0.15) is 59.8 Å². The lowest BCUT2D eigenvalue weighted by Gasteiger charge is -2.64. The van der Waals surface area contributed by atoms with Crippen molar-refractivity contribution in [3.05, 3.63) is 0 Å². The number of likely N-dealkylation sites (tertiary alicyclic amines) is 1. The summed E-state index contributed by atoms with van der Waals surface area (Å²) in [5.41, 5.74) is 4.35. The van der Waals surface area contributed by atoms with Gasteiger partial charge in [-0.1, -0.05) is 20.3 Å². The molecule has 7 atom stereocenters. The minimum atomic E-state index is -1.10. The van der Waals surface area contributed by atoms with Crippen LogP contribution in [0, 0.1) is 22.7 Å². The third-order valence-corrected chi connectivity index (χ3v) is 10.0. The van der Waals surface area contributed by atoms with Crippen molar-refractivity contribution in [2.45, 2.75) is 89.4 Å². The zero-order chi connectivity index (χ0) is 23.1. The fraction of sp³-hybridized carbons (Fsp3) is 0.913. The molecule has 8 nitrogen and oxygen atoms in total. The summed E-state index contributed by atoms with van der Waals surface area (Å²) in [6.45, 7) is 9.87. The van der Waals surface area contributed by atoms with Gasteiger partial charge in [0.1, 0.15) is 5.54 Å². The Hall–Kier alpha value is -1.16. The summed E-state index contributed by atoms with van der Waals surface area (Å²) < 4.78 is 12.9. The van der Waals surface area contributed by atoms with Gasteiger partial charge in [-0.2, -0.15) is 0 Å². The van der Waals surface area contributed by atoms with Crippen LogP contribution in [0.5, 0.6) is 0 Å². The van der Waals surface area contributed by atoms with Crippen LogP contribution < -0.4 is 11.1 Å². The Bertz CT molecular complexity index is 823. The molecule has 0 radical (unpaired) electrons. The number of carbonyl (C=O) groups is 2. The third kappa shape index (κ3) is 2.90. The molecule has 6 aliphatic rings. The fourth-order valence-corrected chi connectivity index (χ4v) is 7.98. The van der Waals surface area contributed by atoms with Gasteiger partial charge in [-0.3, -0.25) is 14.9 Å². The number of amides is 1. The highest BCUT2D eigenvalue weighted by atomic mass is 16.7. The van der Waals surface area contributed by atoms with Crippen LogP contribution >= 0.6 is 0 Å². The van der Waals surface area contributed by atoms with E-state index < -0.39 is 23.0 Å². The molecule has 1 amide bonds. The number of nitrogens with two attached hydrogens (primary N) is 1. The SMILES string of the molecule is CC(N)C(=O)N1CC2(CCCB3OC4CC5CC(C5(C)C)C4(C)O3)CCNC2(C(=O)O)C1. The molecule has 2 bridgehead atoms. The van der Waals surface area contributed by atoms with Gasteiger partial charge in [-0.15, -0.1) is 0 Å². The standard InChI is InChI=1S/C23H38BN3O5/c1-14(25)18(28)27-12-22(7-9-26-23(22,13-27)19(29)30)6-5-8-24-31-17-11-15-10-16(20(15,2)3)21(17,4)32-24/h14-17,26H,5-13,25H2,1-4H3,(H,29,30). The van der Waals surface area contributed by atoms with Crippen LogP contribution in [-0.4, -0.2) is 71.9 Å². The second-order valence-electron chi connectivity index (χ2n) is 11.9. The number of aliphatic carboxylic acids is 1. The van der Waals surface area contributed by atoms with Crippen molar-refractivity contribution in [1.29, 1.82) is 0 Å². The van der Waals surface area contributed by atoms with Crippen molar-refractivity contribution in [2.24, 2.45) is 28.4 Å². The lowest BCUT2D eigenvalue weighted by Crippen LogP contribution is -2.65. The molecular weight excluding hydrogens is 409 g/mol. The predicted octanol–water partition coefficient (Wildman–Crippen LogP) is 1.49. The Morgan fingerprint density at radius 2 is 2.03 bits per heavy atom. The van der Waals surface area contributed by atoms with Crippen LogP contribution in [0.3, 0.4) is 0 Å². The number of hydrogen-bond donors (Lipinski definition) is 3. The van der Waals surface area contributed by atoms with Crippen LogP contribution in [0.15, 0.2) is 0 Å². The maximum absolute atomic E-state index is 12.6. The van der Waals surface area contributed by atoms with E-state index >= 15 is 0 Å². The molecule has 3 aliphatic carbocycles. The number of nitrogens with zero attached hydrogens (tertiary/aromatic N) is 1. The van der Waals surface area contributed by atoms with E-state index in [2.05, 4.69) is 26.1 Å².